The Bertz CT molecular complexity index is 2170. The number of esters is 2. The van der Waals surface area contributed by atoms with Crippen molar-refractivity contribution in [1.82, 2.24) is 0 Å². The van der Waals surface area contributed by atoms with E-state index in [4.69, 9.17) is 18.9 Å². The number of carbonyl (C=O) groups excluding carboxylic acids is 3. The van der Waals surface area contributed by atoms with Crippen LogP contribution in [0.3, 0.4) is 0 Å². The summed E-state index contributed by atoms with van der Waals surface area (Å²) >= 11 is 0. The van der Waals surface area contributed by atoms with Crippen molar-refractivity contribution in [3.8, 4) is 0 Å². The fraction of sp³-hybridized carbons (Fsp3) is 0.640. The molecule has 0 aliphatic carbocycles. The summed E-state index contributed by atoms with van der Waals surface area (Å²) in [5, 5.41) is 11.9. The molecule has 0 aromatic heterocycles. The number of aliphatic carboxylic acids is 1. The van der Waals surface area contributed by atoms with Gasteiger partial charge in [-0.1, -0.05) is 325 Å². The Morgan fingerprint density at radius 2 is 0.568 bits per heavy atom. The van der Waals surface area contributed by atoms with Crippen molar-refractivity contribution in [1.29, 1.82) is 0 Å². The van der Waals surface area contributed by atoms with Gasteiger partial charge in [0, 0.05) is 12.8 Å². The Morgan fingerprint density at radius 1 is 0.316 bits per heavy atom. The molecule has 538 valence electrons. The van der Waals surface area contributed by atoms with Crippen molar-refractivity contribution in [3.05, 3.63) is 170 Å². The highest BCUT2D eigenvalue weighted by Gasteiger charge is 2.22. The Morgan fingerprint density at radius 3 is 0.842 bits per heavy atom. The molecule has 0 aliphatic rings. The highest BCUT2D eigenvalue weighted by atomic mass is 16.7. The van der Waals surface area contributed by atoms with Gasteiger partial charge in [-0.25, -0.2) is 0 Å². The fourth-order valence-electron chi connectivity index (χ4n) is 10.2. The first-order valence-corrected chi connectivity index (χ1v) is 38.3. The highest BCUT2D eigenvalue weighted by Crippen LogP contribution is 2.17. The first-order valence-electron chi connectivity index (χ1n) is 38.3. The van der Waals surface area contributed by atoms with Gasteiger partial charge in [-0.2, -0.15) is 0 Å². The second-order valence-electron chi connectivity index (χ2n) is 26.2. The van der Waals surface area contributed by atoms with Gasteiger partial charge >= 0.3 is 11.9 Å². The second-order valence-corrected chi connectivity index (χ2v) is 26.2. The first-order chi connectivity index (χ1) is 46.6. The first kappa shape index (κ1) is 89.6. The zero-order valence-electron chi connectivity index (χ0n) is 61.5. The Hall–Kier alpha value is -5.35. The van der Waals surface area contributed by atoms with E-state index in [0.717, 1.165) is 141 Å². The summed E-state index contributed by atoms with van der Waals surface area (Å²) in [5.41, 5.74) is 0. The van der Waals surface area contributed by atoms with Crippen molar-refractivity contribution < 1.29 is 42.9 Å². The number of likely N-dealkylation sites (N-methyl/N-ethyl adjacent to an activating group) is 1. The van der Waals surface area contributed by atoms with E-state index in [1.807, 2.05) is 21.1 Å². The quantitative estimate of drug-likeness (QED) is 0.0195. The third-order valence-corrected chi connectivity index (χ3v) is 16.0. The van der Waals surface area contributed by atoms with E-state index in [9.17, 15) is 19.5 Å². The van der Waals surface area contributed by atoms with Gasteiger partial charge in [0.15, 0.2) is 12.4 Å². The summed E-state index contributed by atoms with van der Waals surface area (Å²) in [6.07, 6.45) is 109. The lowest BCUT2D eigenvalue weighted by molar-refractivity contribution is -0.870. The van der Waals surface area contributed by atoms with Crippen molar-refractivity contribution in [2.75, 3.05) is 47.5 Å². The van der Waals surface area contributed by atoms with Crippen LogP contribution in [0.25, 0.3) is 0 Å². The third kappa shape index (κ3) is 75.9. The van der Waals surface area contributed by atoms with Gasteiger partial charge < -0.3 is 33.3 Å². The zero-order valence-corrected chi connectivity index (χ0v) is 61.5. The molecular formula is C86H141NO8. The maximum atomic E-state index is 13.0. The number of hydrogen-bond donors (Lipinski definition) is 0. The molecule has 0 spiro atoms. The third-order valence-electron chi connectivity index (χ3n) is 16.0. The smallest absolute Gasteiger partial charge is 0.306 e. The van der Waals surface area contributed by atoms with Crippen LogP contribution < -0.4 is 5.11 Å². The van der Waals surface area contributed by atoms with Gasteiger partial charge in [0.05, 0.1) is 40.3 Å². The second kappa shape index (κ2) is 74.4. The number of quaternary nitrogens is 1. The van der Waals surface area contributed by atoms with Crippen molar-refractivity contribution in [2.24, 2.45) is 0 Å². The number of hydrogen-bond acceptors (Lipinski definition) is 8. The topological polar surface area (TPSA) is 111 Å². The van der Waals surface area contributed by atoms with Crippen LogP contribution in [0.2, 0.25) is 0 Å². The molecule has 9 nitrogen and oxygen atoms in total. The number of unbranched alkanes of at least 4 members (excludes halogenated alkanes) is 26. The normalized spacial score (nSPS) is 13.7. The standard InChI is InChI=1S/C86H141NO8/c1-6-8-10-12-14-16-18-20-22-24-26-28-30-32-34-36-37-38-39-40-41-42-43-44-45-46-47-49-51-53-55-57-59-61-63-65-67-69-71-73-75-77-84(89)95-82(81-94-86(85(90)91)92-79-78-87(3,4)5)80-93-83(88)76-74-72-70-68-66-64-62-60-58-56-54-52-50-48-35-33-31-29-27-25-23-21-19-17-15-13-11-9-7-2/h8-11,14-17,20-23,26-29,32-35,37-38,40-41,43-44,50,52,82,86H,6-7,12-13,18-19,24-25,30-31,36,39,42,45-49,51,53-81H2,1-5H3/b10-8-,11-9-,16-14-,17-15-,22-20-,23-21-,28-26-,29-27-,34-32-,35-33-,38-37-,41-40-,44-43-,52-50-. The Labute approximate surface area is 584 Å². The predicted octanol–water partition coefficient (Wildman–Crippen LogP) is 23.2. The molecule has 95 heavy (non-hydrogen) atoms. The molecule has 0 bridgehead atoms. The minimum atomic E-state index is -1.63. The summed E-state index contributed by atoms with van der Waals surface area (Å²) in [5.74, 6) is -2.29. The fourth-order valence-corrected chi connectivity index (χ4v) is 10.2. The summed E-state index contributed by atoms with van der Waals surface area (Å²) in [7, 11) is 5.93. The molecule has 0 radical (unpaired) electrons. The molecule has 0 amide bonds. The lowest BCUT2D eigenvalue weighted by Crippen LogP contribution is -2.44. The summed E-state index contributed by atoms with van der Waals surface area (Å²) < 4.78 is 22.8. The maximum absolute atomic E-state index is 13.0. The van der Waals surface area contributed by atoms with Gasteiger partial charge in [0.25, 0.3) is 0 Å². The van der Waals surface area contributed by atoms with E-state index < -0.39 is 24.3 Å². The lowest BCUT2D eigenvalue weighted by Gasteiger charge is -2.26. The average Bonchev–Trinajstić information content (AvgIpc) is 3.54. The molecule has 2 unspecified atom stereocenters. The van der Waals surface area contributed by atoms with E-state index in [2.05, 4.69) is 184 Å². The van der Waals surface area contributed by atoms with Gasteiger partial charge in [-0.05, 0) is 128 Å². The minimum Gasteiger partial charge on any atom is -0.545 e. The number of carbonyl (C=O) groups is 3. The highest BCUT2D eigenvalue weighted by molar-refractivity contribution is 5.70. The molecule has 0 rings (SSSR count). The number of carboxylic acid groups (broad SMARTS) is 1. The summed E-state index contributed by atoms with van der Waals surface area (Å²) in [4.78, 5) is 37.6. The van der Waals surface area contributed by atoms with Crippen molar-refractivity contribution >= 4 is 17.9 Å². The van der Waals surface area contributed by atoms with Gasteiger partial charge in [0.1, 0.15) is 13.2 Å². The summed E-state index contributed by atoms with van der Waals surface area (Å²) in [6, 6.07) is 0. The number of ether oxygens (including phenoxy) is 4. The van der Waals surface area contributed by atoms with Gasteiger partial charge in [-0.3, -0.25) is 9.59 Å². The van der Waals surface area contributed by atoms with Crippen molar-refractivity contribution in [2.45, 2.75) is 309 Å². The van der Waals surface area contributed by atoms with Crippen LogP contribution in [0.15, 0.2) is 170 Å². The number of carboxylic acids is 1. The molecule has 0 saturated heterocycles. The monoisotopic (exact) mass is 1320 g/mol. The molecule has 0 N–H and O–H groups in total. The van der Waals surface area contributed by atoms with Crippen LogP contribution in [0.1, 0.15) is 296 Å². The lowest BCUT2D eigenvalue weighted by atomic mass is 10.0. The van der Waals surface area contributed by atoms with E-state index in [1.165, 1.54) is 122 Å². The molecule has 0 aromatic carbocycles. The molecule has 0 saturated carbocycles. The van der Waals surface area contributed by atoms with Gasteiger partial charge in [-0.15, -0.1) is 0 Å². The molecule has 2 atom stereocenters. The Kier molecular flexibility index (Phi) is 70.2. The van der Waals surface area contributed by atoms with E-state index in [0.29, 0.717) is 17.4 Å². The summed E-state index contributed by atoms with van der Waals surface area (Å²) in [6.45, 7) is 4.52. The predicted molar refractivity (Wildman–Crippen MR) is 407 cm³/mol. The SMILES string of the molecule is CC/C=C\C/C=C\C/C=C\C/C=C\C/C=C\C/C=C\C/C=C\C/C=C\CCCCCCCCCCCCCCCCCCC(=O)OC(COC(=O)CCCCCCCCCCCC/C=C\C/C=C\C/C=C\C/C=C\C/C=C\C/C=C\CC)COC(OCC[N+](C)(C)C)C(=O)[O-]. The molecule has 9 heteroatoms. The number of rotatable bonds is 69. The van der Waals surface area contributed by atoms with Crippen LogP contribution in [0.4, 0.5) is 0 Å². The molecular weight excluding hydrogens is 1170 g/mol. The van der Waals surface area contributed by atoms with E-state index in [1.54, 1.807) is 0 Å². The molecule has 0 aromatic rings. The average molecular weight is 1320 g/mol. The van der Waals surface area contributed by atoms with Crippen molar-refractivity contribution in [3.63, 3.8) is 0 Å². The number of nitrogens with zero attached hydrogens (tertiary/aromatic N) is 1. The van der Waals surface area contributed by atoms with Crippen LogP contribution >= 0.6 is 0 Å². The van der Waals surface area contributed by atoms with Crippen LogP contribution in [0, 0.1) is 0 Å². The van der Waals surface area contributed by atoms with E-state index >= 15 is 0 Å². The van der Waals surface area contributed by atoms with Crippen LogP contribution in [-0.4, -0.2) is 82.3 Å². The van der Waals surface area contributed by atoms with Gasteiger partial charge in [0.2, 0.25) is 0 Å². The minimum absolute atomic E-state index is 0.140. The largest absolute Gasteiger partial charge is 0.545 e. The Balaban J connectivity index is 4.09. The van der Waals surface area contributed by atoms with Crippen LogP contribution in [-0.2, 0) is 33.3 Å². The number of allylic oxidation sites excluding steroid dienone is 28. The van der Waals surface area contributed by atoms with E-state index in [-0.39, 0.29) is 38.6 Å². The molecule has 0 aliphatic heterocycles. The molecule has 0 fully saturated rings. The van der Waals surface area contributed by atoms with Crippen LogP contribution in [0.5, 0.6) is 0 Å². The maximum Gasteiger partial charge on any atom is 0.306 e. The molecule has 0 heterocycles. The zero-order chi connectivity index (χ0) is 69.0.